The van der Waals surface area contributed by atoms with Gasteiger partial charge in [0.15, 0.2) is 0 Å². The van der Waals surface area contributed by atoms with Crippen LogP contribution in [0.15, 0.2) is 24.3 Å². The number of fused-ring (bicyclic) bond motifs is 2. The number of nitrogens with two attached hydrogens (primary N) is 1. The fraction of sp³-hybridized carbons (Fsp3) is 0.533. The van der Waals surface area contributed by atoms with Crippen molar-refractivity contribution in [2.24, 2.45) is 5.73 Å². The van der Waals surface area contributed by atoms with Gasteiger partial charge in [0.1, 0.15) is 11.4 Å². The molecule has 1 aromatic carbocycles. The largest absolute Gasteiger partial charge is 0.508 e. The van der Waals surface area contributed by atoms with Gasteiger partial charge < -0.3 is 26.0 Å². The minimum absolute atomic E-state index is 0.0947. The van der Waals surface area contributed by atoms with E-state index in [4.69, 9.17) is 10.5 Å². The molecular weight excluding hydrogens is 272 g/mol. The van der Waals surface area contributed by atoms with Gasteiger partial charge in [-0.25, -0.2) is 0 Å². The van der Waals surface area contributed by atoms with Crippen molar-refractivity contribution >= 4 is 5.91 Å². The summed E-state index contributed by atoms with van der Waals surface area (Å²) in [5.41, 5.74) is 5.53. The lowest BCUT2D eigenvalue weighted by atomic mass is 9.98. The van der Waals surface area contributed by atoms with E-state index in [1.54, 1.807) is 12.1 Å². The summed E-state index contributed by atoms with van der Waals surface area (Å²) < 4.78 is 5.64. The van der Waals surface area contributed by atoms with Crippen LogP contribution in [0.5, 0.6) is 5.75 Å². The third-order valence-corrected chi connectivity index (χ3v) is 4.47. The number of aliphatic hydroxyl groups excluding tert-OH is 1. The summed E-state index contributed by atoms with van der Waals surface area (Å²) in [7, 11) is 0. The molecule has 114 valence electrons. The summed E-state index contributed by atoms with van der Waals surface area (Å²) in [6.07, 6.45) is 1.90. The molecule has 1 aromatic rings. The number of amides is 1. The molecule has 3 atom stereocenters. The fourth-order valence-corrected chi connectivity index (χ4v) is 3.25. The van der Waals surface area contributed by atoms with Gasteiger partial charge in [-0.2, -0.15) is 0 Å². The summed E-state index contributed by atoms with van der Waals surface area (Å²) in [4.78, 5) is 12.5. The lowest BCUT2D eigenvalue weighted by molar-refractivity contribution is -0.144. The van der Waals surface area contributed by atoms with Crippen molar-refractivity contribution < 1.29 is 19.7 Å². The predicted octanol–water partition coefficient (Wildman–Crippen LogP) is 0.192. The molecule has 1 saturated carbocycles. The van der Waals surface area contributed by atoms with Crippen LogP contribution in [0.2, 0.25) is 0 Å². The van der Waals surface area contributed by atoms with Crippen molar-refractivity contribution in [3.63, 3.8) is 0 Å². The summed E-state index contributed by atoms with van der Waals surface area (Å²) in [6, 6.07) is 5.91. The van der Waals surface area contributed by atoms with Crippen LogP contribution in [0, 0.1) is 0 Å². The number of aromatic hydroxyl groups is 1. The Kier molecular flexibility index (Phi) is 3.39. The van der Waals surface area contributed by atoms with Crippen molar-refractivity contribution in [2.75, 3.05) is 13.2 Å². The zero-order valence-corrected chi connectivity index (χ0v) is 11.7. The van der Waals surface area contributed by atoms with Crippen LogP contribution in [0.3, 0.4) is 0 Å². The predicted molar refractivity (Wildman–Crippen MR) is 75.5 cm³/mol. The third kappa shape index (κ3) is 2.50. The van der Waals surface area contributed by atoms with E-state index in [1.807, 2.05) is 0 Å². The first kappa shape index (κ1) is 14.3. The molecule has 1 heterocycles. The maximum absolute atomic E-state index is 12.5. The number of rotatable bonds is 4. The molecule has 2 bridgehead atoms. The molecule has 0 spiro atoms. The third-order valence-electron chi connectivity index (χ3n) is 4.47. The topological polar surface area (TPSA) is 105 Å². The standard InChI is InChI=1S/C15H20N2O4/c16-14-4-5-15(8-14,21-9-14)13(20)17-12(7-18)10-2-1-3-11(19)6-10/h1-3,6,12,18-19H,4-5,7-9,16H2,(H,17,20). The number of nitrogens with one attached hydrogen (secondary N) is 1. The van der Waals surface area contributed by atoms with Crippen molar-refractivity contribution in [1.29, 1.82) is 0 Å². The maximum atomic E-state index is 12.5. The smallest absolute Gasteiger partial charge is 0.252 e. The van der Waals surface area contributed by atoms with Crippen LogP contribution in [-0.2, 0) is 9.53 Å². The van der Waals surface area contributed by atoms with E-state index in [2.05, 4.69) is 5.32 Å². The monoisotopic (exact) mass is 292 g/mol. The van der Waals surface area contributed by atoms with Crippen LogP contribution in [-0.4, -0.2) is 40.5 Å². The van der Waals surface area contributed by atoms with Crippen molar-refractivity contribution in [3.05, 3.63) is 29.8 Å². The van der Waals surface area contributed by atoms with E-state index in [0.29, 0.717) is 25.0 Å². The quantitative estimate of drug-likeness (QED) is 0.634. The highest BCUT2D eigenvalue weighted by molar-refractivity contribution is 5.86. The minimum atomic E-state index is -0.862. The minimum Gasteiger partial charge on any atom is -0.508 e. The summed E-state index contributed by atoms with van der Waals surface area (Å²) in [5.74, 6) is -0.146. The van der Waals surface area contributed by atoms with Gasteiger partial charge in [-0.05, 0) is 30.5 Å². The van der Waals surface area contributed by atoms with Gasteiger partial charge in [0, 0.05) is 12.0 Å². The summed E-state index contributed by atoms with van der Waals surface area (Å²) in [6.45, 7) is 0.148. The molecule has 6 nitrogen and oxygen atoms in total. The highest BCUT2D eigenvalue weighted by Gasteiger charge is 2.58. The van der Waals surface area contributed by atoms with E-state index in [1.165, 1.54) is 12.1 Å². The van der Waals surface area contributed by atoms with Crippen molar-refractivity contribution in [1.82, 2.24) is 5.32 Å². The van der Waals surface area contributed by atoms with Crippen LogP contribution in [0.1, 0.15) is 30.9 Å². The molecule has 1 aliphatic heterocycles. The van der Waals surface area contributed by atoms with Gasteiger partial charge in [0.25, 0.3) is 5.91 Å². The van der Waals surface area contributed by atoms with Crippen molar-refractivity contribution in [2.45, 2.75) is 36.4 Å². The Morgan fingerprint density at radius 3 is 2.81 bits per heavy atom. The Bertz CT molecular complexity index is 552. The molecule has 5 N–H and O–H groups in total. The maximum Gasteiger partial charge on any atom is 0.252 e. The number of aliphatic hydroxyl groups is 1. The molecule has 0 radical (unpaired) electrons. The van der Waals surface area contributed by atoms with Gasteiger partial charge in [-0.3, -0.25) is 4.79 Å². The highest BCUT2D eigenvalue weighted by atomic mass is 16.5. The molecular formula is C15H20N2O4. The number of carbonyl (C=O) groups excluding carboxylic acids is 1. The van der Waals surface area contributed by atoms with E-state index in [0.717, 1.165) is 6.42 Å². The average Bonchev–Trinajstić information content (AvgIpc) is 2.99. The Balaban J connectivity index is 1.74. The first-order valence-corrected chi connectivity index (χ1v) is 7.10. The lowest BCUT2D eigenvalue weighted by Crippen LogP contribution is -2.47. The van der Waals surface area contributed by atoms with Crippen LogP contribution in [0.4, 0.5) is 0 Å². The number of hydrogen-bond acceptors (Lipinski definition) is 5. The van der Waals surface area contributed by atoms with Gasteiger partial charge >= 0.3 is 0 Å². The molecule has 1 saturated heterocycles. The molecule has 21 heavy (non-hydrogen) atoms. The van der Waals surface area contributed by atoms with E-state index in [9.17, 15) is 15.0 Å². The number of hydrogen-bond donors (Lipinski definition) is 4. The lowest BCUT2D eigenvalue weighted by Gasteiger charge is -2.28. The van der Waals surface area contributed by atoms with Crippen molar-refractivity contribution in [3.8, 4) is 5.75 Å². The van der Waals surface area contributed by atoms with Crippen LogP contribution >= 0.6 is 0 Å². The molecule has 1 amide bonds. The molecule has 3 unspecified atom stereocenters. The second-order valence-electron chi connectivity index (χ2n) is 6.13. The highest BCUT2D eigenvalue weighted by Crippen LogP contribution is 2.46. The Labute approximate surface area is 122 Å². The Morgan fingerprint density at radius 2 is 2.29 bits per heavy atom. The number of ether oxygens (including phenoxy) is 1. The second-order valence-corrected chi connectivity index (χ2v) is 6.13. The number of phenols is 1. The number of benzene rings is 1. The molecule has 0 aromatic heterocycles. The normalized spacial score (nSPS) is 32.1. The molecule has 3 rings (SSSR count). The molecule has 2 aliphatic rings. The van der Waals surface area contributed by atoms with Crippen LogP contribution < -0.4 is 11.1 Å². The van der Waals surface area contributed by atoms with Gasteiger partial charge in [0.2, 0.25) is 0 Å². The van der Waals surface area contributed by atoms with Gasteiger partial charge in [-0.15, -0.1) is 0 Å². The molecule has 1 aliphatic carbocycles. The Hall–Kier alpha value is -1.63. The van der Waals surface area contributed by atoms with Gasteiger partial charge in [0.05, 0.1) is 19.3 Å². The fourth-order valence-electron chi connectivity index (χ4n) is 3.25. The van der Waals surface area contributed by atoms with E-state index >= 15 is 0 Å². The zero-order valence-electron chi connectivity index (χ0n) is 11.7. The summed E-state index contributed by atoms with van der Waals surface area (Å²) in [5, 5.41) is 21.8. The molecule has 2 fully saturated rings. The number of phenolic OH excluding ortho intramolecular Hbond substituents is 1. The molecule has 6 heteroatoms. The van der Waals surface area contributed by atoms with Gasteiger partial charge in [-0.1, -0.05) is 12.1 Å². The van der Waals surface area contributed by atoms with E-state index < -0.39 is 17.2 Å². The first-order valence-electron chi connectivity index (χ1n) is 7.10. The average molecular weight is 292 g/mol. The Morgan fingerprint density at radius 1 is 1.48 bits per heavy atom. The first-order chi connectivity index (χ1) is 9.96. The summed E-state index contributed by atoms with van der Waals surface area (Å²) >= 11 is 0. The number of carbonyl (C=O) groups is 1. The zero-order chi connectivity index (χ0) is 15.1. The van der Waals surface area contributed by atoms with Crippen LogP contribution in [0.25, 0.3) is 0 Å². The second kappa shape index (κ2) is 4.98. The van der Waals surface area contributed by atoms with E-state index in [-0.39, 0.29) is 18.3 Å². The SMILES string of the molecule is NC12CCC(C(=O)NC(CO)c3cccc(O)c3)(C1)OC2.